The summed E-state index contributed by atoms with van der Waals surface area (Å²) in [6, 6.07) is 9.10. The quantitative estimate of drug-likeness (QED) is 0.704. The largest absolute Gasteiger partial charge is 0.477 e. The number of aromatic carboxylic acids is 1. The lowest BCUT2D eigenvalue weighted by Gasteiger charge is -2.10. The van der Waals surface area contributed by atoms with Crippen molar-refractivity contribution in [2.45, 2.75) is 0 Å². The van der Waals surface area contributed by atoms with Crippen LogP contribution in [0.1, 0.15) is 10.4 Å². The van der Waals surface area contributed by atoms with E-state index in [4.69, 9.17) is 19.7 Å². The van der Waals surface area contributed by atoms with Crippen LogP contribution in [0.15, 0.2) is 36.5 Å². The van der Waals surface area contributed by atoms with Gasteiger partial charge in [0.2, 0.25) is 5.88 Å². The van der Waals surface area contributed by atoms with Gasteiger partial charge in [0.15, 0.2) is 0 Å². The van der Waals surface area contributed by atoms with Crippen molar-refractivity contribution in [1.82, 2.24) is 9.78 Å². The van der Waals surface area contributed by atoms with Crippen LogP contribution < -0.4 is 4.74 Å². The lowest BCUT2D eigenvalue weighted by atomic mass is 10.3. The predicted molar refractivity (Wildman–Crippen MR) is 73.9 cm³/mol. The molecule has 2 N–H and O–H groups in total. The average Bonchev–Trinajstić information content (AvgIpc) is 2.92. The van der Waals surface area contributed by atoms with Crippen molar-refractivity contribution in [3.8, 4) is 11.6 Å². The standard InChI is InChI=1S/C14H16N2O5/c17-6-7-20-8-9-21-13-12(14(18)19)10-15-16(13)11-4-2-1-3-5-11/h1-5,10,17H,6-9H2,(H,18,19). The van der Waals surface area contributed by atoms with Crippen LogP contribution in [0.2, 0.25) is 0 Å². The van der Waals surface area contributed by atoms with Crippen LogP contribution >= 0.6 is 0 Å². The van der Waals surface area contributed by atoms with E-state index in [1.807, 2.05) is 18.2 Å². The van der Waals surface area contributed by atoms with Crippen molar-refractivity contribution in [3.63, 3.8) is 0 Å². The maximum Gasteiger partial charge on any atom is 0.342 e. The summed E-state index contributed by atoms with van der Waals surface area (Å²) in [5.41, 5.74) is 0.692. The van der Waals surface area contributed by atoms with E-state index in [0.29, 0.717) is 5.69 Å². The van der Waals surface area contributed by atoms with E-state index in [-0.39, 0.29) is 37.9 Å². The topological polar surface area (TPSA) is 93.8 Å². The number of carbonyl (C=O) groups is 1. The van der Waals surface area contributed by atoms with E-state index in [9.17, 15) is 4.79 Å². The van der Waals surface area contributed by atoms with Gasteiger partial charge in [-0.25, -0.2) is 9.48 Å². The molecule has 0 spiro atoms. The molecule has 0 saturated carbocycles. The maximum atomic E-state index is 11.2. The van der Waals surface area contributed by atoms with Gasteiger partial charge >= 0.3 is 5.97 Å². The molecule has 2 aromatic rings. The molecule has 0 amide bonds. The summed E-state index contributed by atoms with van der Waals surface area (Å²) >= 11 is 0. The van der Waals surface area contributed by atoms with Gasteiger partial charge in [0, 0.05) is 0 Å². The molecule has 0 atom stereocenters. The van der Waals surface area contributed by atoms with Gasteiger partial charge in [0.25, 0.3) is 0 Å². The molecular weight excluding hydrogens is 276 g/mol. The number of hydrogen-bond donors (Lipinski definition) is 2. The Hall–Kier alpha value is -2.38. The number of carboxylic acid groups (broad SMARTS) is 1. The van der Waals surface area contributed by atoms with Crippen molar-refractivity contribution in [3.05, 3.63) is 42.1 Å². The molecule has 7 heteroatoms. The minimum absolute atomic E-state index is 0.0130. The first-order valence-electron chi connectivity index (χ1n) is 6.42. The van der Waals surface area contributed by atoms with Crippen molar-refractivity contribution in [2.24, 2.45) is 0 Å². The van der Waals surface area contributed by atoms with Crippen LogP contribution in [-0.2, 0) is 4.74 Å². The van der Waals surface area contributed by atoms with E-state index < -0.39 is 5.97 Å². The summed E-state index contributed by atoms with van der Waals surface area (Å²) in [7, 11) is 0. The van der Waals surface area contributed by atoms with Gasteiger partial charge in [-0.15, -0.1) is 0 Å². The van der Waals surface area contributed by atoms with Gasteiger partial charge in [0.1, 0.15) is 12.2 Å². The number of ether oxygens (including phenoxy) is 2. The Kier molecular flexibility index (Phi) is 5.30. The summed E-state index contributed by atoms with van der Waals surface area (Å²) in [6.45, 7) is 0.563. The minimum atomic E-state index is -1.11. The zero-order chi connectivity index (χ0) is 15.1. The van der Waals surface area contributed by atoms with Crippen LogP contribution in [0, 0.1) is 0 Å². The highest BCUT2D eigenvalue weighted by molar-refractivity contribution is 5.90. The van der Waals surface area contributed by atoms with Gasteiger partial charge < -0.3 is 19.7 Å². The minimum Gasteiger partial charge on any atom is -0.477 e. The van der Waals surface area contributed by atoms with Gasteiger partial charge in [-0.1, -0.05) is 18.2 Å². The lowest BCUT2D eigenvalue weighted by Crippen LogP contribution is -2.13. The molecule has 0 bridgehead atoms. The molecule has 1 heterocycles. The fourth-order valence-electron chi connectivity index (χ4n) is 1.74. The van der Waals surface area contributed by atoms with E-state index in [2.05, 4.69) is 5.10 Å². The number of para-hydroxylation sites is 1. The zero-order valence-electron chi connectivity index (χ0n) is 11.3. The third kappa shape index (κ3) is 3.80. The number of rotatable bonds is 8. The molecular formula is C14H16N2O5. The molecule has 0 fully saturated rings. The second-order valence-corrected chi connectivity index (χ2v) is 4.10. The van der Waals surface area contributed by atoms with Gasteiger partial charge in [0.05, 0.1) is 31.7 Å². The van der Waals surface area contributed by atoms with Gasteiger partial charge in [-0.2, -0.15) is 5.10 Å². The van der Waals surface area contributed by atoms with Gasteiger partial charge in [-0.05, 0) is 12.1 Å². The molecule has 2 rings (SSSR count). The Bertz CT molecular complexity index is 582. The number of aromatic nitrogens is 2. The first-order chi connectivity index (χ1) is 10.2. The van der Waals surface area contributed by atoms with E-state index in [0.717, 1.165) is 0 Å². The summed E-state index contributed by atoms with van der Waals surface area (Å²) < 4.78 is 12.0. The fourth-order valence-corrected chi connectivity index (χ4v) is 1.74. The molecule has 1 aromatic heterocycles. The molecule has 0 radical (unpaired) electrons. The fraction of sp³-hybridized carbons (Fsp3) is 0.286. The lowest BCUT2D eigenvalue weighted by molar-refractivity contribution is 0.0647. The number of aliphatic hydroxyl groups is 1. The predicted octanol–water partition coefficient (Wildman–Crippen LogP) is 0.958. The van der Waals surface area contributed by atoms with Crippen molar-refractivity contribution in [1.29, 1.82) is 0 Å². The summed E-state index contributed by atoms with van der Waals surface area (Å²) in [4.78, 5) is 11.2. The molecule has 0 aliphatic carbocycles. The van der Waals surface area contributed by atoms with Crippen LogP contribution in [0.3, 0.4) is 0 Å². The highest BCUT2D eigenvalue weighted by atomic mass is 16.5. The molecule has 1 aromatic carbocycles. The Labute approximate surface area is 121 Å². The Morgan fingerprint density at radius 2 is 1.95 bits per heavy atom. The highest BCUT2D eigenvalue weighted by Gasteiger charge is 2.19. The third-order valence-corrected chi connectivity index (χ3v) is 2.66. The summed E-state index contributed by atoms with van der Waals surface area (Å²) in [5, 5.41) is 21.8. The van der Waals surface area contributed by atoms with Crippen LogP contribution in [0.25, 0.3) is 5.69 Å². The SMILES string of the molecule is O=C(O)c1cnn(-c2ccccc2)c1OCCOCCO. The first-order valence-corrected chi connectivity index (χ1v) is 6.42. The smallest absolute Gasteiger partial charge is 0.342 e. The van der Waals surface area contributed by atoms with Gasteiger partial charge in [-0.3, -0.25) is 0 Å². The molecule has 7 nitrogen and oxygen atoms in total. The number of carboxylic acids is 1. The van der Waals surface area contributed by atoms with Crippen LogP contribution in [0.5, 0.6) is 5.88 Å². The number of nitrogens with zero attached hydrogens (tertiary/aromatic N) is 2. The van der Waals surface area contributed by atoms with E-state index in [1.165, 1.54) is 10.9 Å². The Morgan fingerprint density at radius 1 is 1.19 bits per heavy atom. The monoisotopic (exact) mass is 292 g/mol. The Balaban J connectivity index is 2.16. The molecule has 0 unspecified atom stereocenters. The Morgan fingerprint density at radius 3 is 2.62 bits per heavy atom. The van der Waals surface area contributed by atoms with E-state index >= 15 is 0 Å². The third-order valence-electron chi connectivity index (χ3n) is 2.66. The molecule has 21 heavy (non-hydrogen) atoms. The number of hydrogen-bond acceptors (Lipinski definition) is 5. The van der Waals surface area contributed by atoms with Crippen molar-refractivity contribution < 1.29 is 24.5 Å². The highest BCUT2D eigenvalue weighted by Crippen LogP contribution is 2.22. The van der Waals surface area contributed by atoms with Crippen LogP contribution in [0.4, 0.5) is 0 Å². The van der Waals surface area contributed by atoms with Crippen LogP contribution in [-0.4, -0.2) is 52.4 Å². The first kappa shape index (κ1) is 15.0. The maximum absolute atomic E-state index is 11.2. The average molecular weight is 292 g/mol. The summed E-state index contributed by atoms with van der Waals surface area (Å²) in [5.74, 6) is -0.954. The summed E-state index contributed by atoms with van der Waals surface area (Å²) in [6.07, 6.45) is 1.25. The molecule has 0 aliphatic heterocycles. The van der Waals surface area contributed by atoms with Crippen molar-refractivity contribution in [2.75, 3.05) is 26.4 Å². The second-order valence-electron chi connectivity index (χ2n) is 4.10. The molecule has 112 valence electrons. The van der Waals surface area contributed by atoms with Crippen molar-refractivity contribution >= 4 is 5.97 Å². The second kappa shape index (κ2) is 7.41. The molecule has 0 aliphatic rings. The number of benzene rings is 1. The normalized spacial score (nSPS) is 10.5. The van der Waals surface area contributed by atoms with E-state index in [1.54, 1.807) is 12.1 Å². The zero-order valence-corrected chi connectivity index (χ0v) is 11.3. The molecule has 0 saturated heterocycles. The number of aliphatic hydroxyl groups excluding tert-OH is 1.